The van der Waals surface area contributed by atoms with E-state index in [9.17, 15) is 4.79 Å². The van der Waals surface area contributed by atoms with Crippen LogP contribution < -0.4 is 5.32 Å². The second-order valence-electron chi connectivity index (χ2n) is 3.46. The number of halogens is 2. The van der Waals surface area contributed by atoms with Gasteiger partial charge in [-0.25, -0.2) is 15.0 Å². The lowest BCUT2D eigenvalue weighted by molar-refractivity contribution is 0.102. The number of nitrogens with zero attached hydrogens (tertiary/aromatic N) is 3. The maximum atomic E-state index is 12.0. The number of hydrogen-bond acceptors (Lipinski definition) is 4. The van der Waals surface area contributed by atoms with Gasteiger partial charge in [0.2, 0.25) is 5.28 Å². The maximum Gasteiger partial charge on any atom is 0.274 e. The van der Waals surface area contributed by atoms with Gasteiger partial charge in [0, 0.05) is 11.9 Å². The van der Waals surface area contributed by atoms with Gasteiger partial charge in [-0.1, -0.05) is 0 Å². The van der Waals surface area contributed by atoms with Crippen LogP contribution in [0.1, 0.15) is 16.2 Å². The van der Waals surface area contributed by atoms with Gasteiger partial charge in [0.25, 0.3) is 5.91 Å². The van der Waals surface area contributed by atoms with Crippen LogP contribution in [0, 0.1) is 6.92 Å². The molecule has 0 aliphatic carbocycles. The number of pyridine rings is 1. The summed E-state index contributed by atoms with van der Waals surface area (Å²) in [7, 11) is 0. The molecule has 0 unspecified atom stereocenters. The van der Waals surface area contributed by atoms with Gasteiger partial charge in [0.15, 0.2) is 0 Å². The number of hydrogen-bond donors (Lipinski definition) is 1. The van der Waals surface area contributed by atoms with Gasteiger partial charge >= 0.3 is 0 Å². The van der Waals surface area contributed by atoms with Gasteiger partial charge in [0.05, 0.1) is 5.69 Å². The van der Waals surface area contributed by atoms with Crippen LogP contribution in [-0.2, 0) is 0 Å². The van der Waals surface area contributed by atoms with Crippen molar-refractivity contribution in [1.29, 1.82) is 0 Å². The Kier molecular flexibility index (Phi) is 3.88. The molecule has 0 saturated heterocycles. The molecule has 0 saturated carbocycles. The van der Waals surface area contributed by atoms with Gasteiger partial charge in [0.1, 0.15) is 10.3 Å². The predicted octanol–water partition coefficient (Wildman–Crippen LogP) is 2.85. The Labute approximate surface area is 117 Å². The Balaban J connectivity index is 2.25. The van der Waals surface area contributed by atoms with Gasteiger partial charge in [-0.2, -0.15) is 0 Å². The summed E-state index contributed by atoms with van der Waals surface area (Å²) in [6.45, 7) is 1.74. The van der Waals surface area contributed by atoms with Crippen LogP contribution >= 0.6 is 27.5 Å². The first-order chi connectivity index (χ1) is 8.56. The van der Waals surface area contributed by atoms with E-state index in [0.29, 0.717) is 16.0 Å². The first kappa shape index (κ1) is 12.9. The van der Waals surface area contributed by atoms with E-state index in [1.165, 1.54) is 0 Å². The van der Waals surface area contributed by atoms with Crippen molar-refractivity contribution in [2.75, 3.05) is 5.32 Å². The minimum Gasteiger partial charge on any atom is -0.318 e. The van der Waals surface area contributed by atoms with Crippen LogP contribution in [0.15, 0.2) is 29.0 Å². The normalized spacial score (nSPS) is 10.2. The smallest absolute Gasteiger partial charge is 0.274 e. The molecule has 0 spiro atoms. The second-order valence-corrected chi connectivity index (χ2v) is 4.55. The summed E-state index contributed by atoms with van der Waals surface area (Å²) in [5.41, 5.74) is 1.41. The van der Waals surface area contributed by atoms with Gasteiger partial charge in [-0.05, 0) is 52.7 Å². The molecule has 0 aliphatic heterocycles. The highest BCUT2D eigenvalue weighted by Gasteiger charge is 2.11. The van der Waals surface area contributed by atoms with Crippen LogP contribution in [0.3, 0.4) is 0 Å². The number of aryl methyl sites for hydroxylation is 1. The van der Waals surface area contributed by atoms with E-state index in [2.05, 4.69) is 36.2 Å². The van der Waals surface area contributed by atoms with Crippen molar-refractivity contribution < 1.29 is 4.79 Å². The highest BCUT2D eigenvalue weighted by atomic mass is 79.9. The number of aromatic nitrogens is 3. The van der Waals surface area contributed by atoms with Crippen molar-refractivity contribution in [2.24, 2.45) is 0 Å². The van der Waals surface area contributed by atoms with Gasteiger partial charge < -0.3 is 5.32 Å². The largest absolute Gasteiger partial charge is 0.318 e. The number of carbonyl (C=O) groups is 1. The fourth-order valence-electron chi connectivity index (χ4n) is 1.31. The lowest BCUT2D eigenvalue weighted by Gasteiger charge is -2.06. The average Bonchev–Trinajstić information content (AvgIpc) is 2.31. The minimum atomic E-state index is -0.365. The third-order valence-corrected chi connectivity index (χ3v) is 2.87. The molecular weight excluding hydrogens is 320 g/mol. The summed E-state index contributed by atoms with van der Waals surface area (Å²) in [6.07, 6.45) is 1.62. The highest BCUT2D eigenvalue weighted by Crippen LogP contribution is 2.19. The zero-order chi connectivity index (χ0) is 13.1. The minimum absolute atomic E-state index is 0.0467. The van der Waals surface area contributed by atoms with Crippen LogP contribution in [0.25, 0.3) is 0 Å². The zero-order valence-electron chi connectivity index (χ0n) is 9.32. The molecule has 0 aromatic carbocycles. The first-order valence-electron chi connectivity index (χ1n) is 4.99. The van der Waals surface area contributed by atoms with Gasteiger partial charge in [-0.3, -0.25) is 4.79 Å². The molecule has 2 aromatic rings. The van der Waals surface area contributed by atoms with E-state index in [1.54, 1.807) is 31.3 Å². The fourth-order valence-corrected chi connectivity index (χ4v) is 1.89. The summed E-state index contributed by atoms with van der Waals surface area (Å²) in [4.78, 5) is 23.7. The average molecular weight is 328 g/mol. The number of anilines is 1. The molecule has 0 aliphatic rings. The van der Waals surface area contributed by atoms with E-state index < -0.39 is 0 Å². The molecule has 2 rings (SSSR count). The monoisotopic (exact) mass is 326 g/mol. The van der Waals surface area contributed by atoms with E-state index in [0.717, 1.165) is 0 Å². The number of carbonyl (C=O) groups excluding carboxylic acids is 1. The zero-order valence-corrected chi connectivity index (χ0v) is 11.7. The lowest BCUT2D eigenvalue weighted by Crippen LogP contribution is -2.15. The second kappa shape index (κ2) is 5.41. The molecule has 7 heteroatoms. The van der Waals surface area contributed by atoms with Crippen LogP contribution in [0.5, 0.6) is 0 Å². The van der Waals surface area contributed by atoms with E-state index in [4.69, 9.17) is 11.6 Å². The summed E-state index contributed by atoms with van der Waals surface area (Å²) >= 11 is 8.95. The summed E-state index contributed by atoms with van der Waals surface area (Å²) < 4.78 is 0.551. The van der Waals surface area contributed by atoms with Crippen molar-refractivity contribution in [1.82, 2.24) is 15.0 Å². The quantitative estimate of drug-likeness (QED) is 0.680. The SMILES string of the molecule is Cc1cc(C(=O)Nc2cccnc2Br)nc(Cl)n1. The third kappa shape index (κ3) is 3.02. The van der Waals surface area contributed by atoms with Crippen LogP contribution in [0.2, 0.25) is 5.28 Å². The highest BCUT2D eigenvalue weighted by molar-refractivity contribution is 9.10. The van der Waals surface area contributed by atoms with Crippen molar-refractivity contribution >= 4 is 39.1 Å². The Morgan fingerprint density at radius 3 is 2.89 bits per heavy atom. The molecule has 0 fully saturated rings. The van der Waals surface area contributed by atoms with Crippen LogP contribution in [0.4, 0.5) is 5.69 Å². The summed E-state index contributed by atoms with van der Waals surface area (Å²) in [5.74, 6) is -0.365. The number of nitrogens with one attached hydrogen (secondary N) is 1. The first-order valence-corrected chi connectivity index (χ1v) is 6.16. The standard InChI is InChI=1S/C11H8BrClN4O/c1-6-5-8(17-11(13)15-6)10(18)16-7-3-2-4-14-9(7)12/h2-5H,1H3,(H,16,18). The Hall–Kier alpha value is -1.53. The van der Waals surface area contributed by atoms with Crippen molar-refractivity contribution in [3.63, 3.8) is 0 Å². The Morgan fingerprint density at radius 1 is 1.44 bits per heavy atom. The molecule has 1 amide bonds. The van der Waals surface area contributed by atoms with E-state index in [-0.39, 0.29) is 16.9 Å². The number of amides is 1. The molecule has 0 atom stereocenters. The van der Waals surface area contributed by atoms with Crippen LogP contribution in [-0.4, -0.2) is 20.9 Å². The van der Waals surface area contributed by atoms with E-state index in [1.807, 2.05) is 0 Å². The molecule has 1 N–H and O–H groups in total. The molecule has 2 aromatic heterocycles. The number of rotatable bonds is 2. The molecule has 5 nitrogen and oxygen atoms in total. The van der Waals surface area contributed by atoms with Gasteiger partial charge in [-0.15, -0.1) is 0 Å². The topological polar surface area (TPSA) is 67.8 Å². The predicted molar refractivity (Wildman–Crippen MR) is 71.7 cm³/mol. The lowest BCUT2D eigenvalue weighted by atomic mass is 10.3. The molecule has 92 valence electrons. The van der Waals surface area contributed by atoms with E-state index >= 15 is 0 Å². The Morgan fingerprint density at radius 2 is 2.22 bits per heavy atom. The van der Waals surface area contributed by atoms with Crippen molar-refractivity contribution in [3.8, 4) is 0 Å². The molecule has 2 heterocycles. The van der Waals surface area contributed by atoms with Crippen molar-refractivity contribution in [3.05, 3.63) is 45.7 Å². The maximum absolute atomic E-state index is 12.0. The molecule has 18 heavy (non-hydrogen) atoms. The fraction of sp³-hybridized carbons (Fsp3) is 0.0909. The molecule has 0 radical (unpaired) electrons. The molecular formula is C11H8BrClN4O. The third-order valence-electron chi connectivity index (χ3n) is 2.07. The summed E-state index contributed by atoms with van der Waals surface area (Å²) in [6, 6.07) is 5.01. The van der Waals surface area contributed by atoms with Crippen molar-refractivity contribution in [2.45, 2.75) is 6.92 Å². The Bertz CT molecular complexity index is 585. The summed E-state index contributed by atoms with van der Waals surface area (Å²) in [5, 5.41) is 2.73. The molecule has 0 bridgehead atoms.